The summed E-state index contributed by atoms with van der Waals surface area (Å²) in [4.78, 5) is 23.7. The van der Waals surface area contributed by atoms with Crippen molar-refractivity contribution in [1.82, 2.24) is 0 Å². The maximum absolute atomic E-state index is 11.6. The fraction of sp³-hybridized carbons (Fsp3) is 0.500. The summed E-state index contributed by atoms with van der Waals surface area (Å²) in [5.41, 5.74) is -0.436. The number of hydrogen-bond donors (Lipinski definition) is 2. The van der Waals surface area contributed by atoms with E-state index in [0.717, 1.165) is 11.3 Å². The molecule has 6 nitrogen and oxygen atoms in total. The van der Waals surface area contributed by atoms with Crippen LogP contribution in [0.3, 0.4) is 0 Å². The third-order valence-corrected chi connectivity index (χ3v) is 2.99. The number of anilines is 1. The molecule has 0 unspecified atom stereocenters. The zero-order valence-electron chi connectivity index (χ0n) is 11.3. The van der Waals surface area contributed by atoms with Crippen LogP contribution >= 0.6 is 11.3 Å². The lowest BCUT2D eigenvalue weighted by Crippen LogP contribution is -2.27. The van der Waals surface area contributed by atoms with E-state index in [1.807, 2.05) is 0 Å². The molecule has 7 heteroatoms. The molecular formula is C12H17NO5S. The molecule has 0 saturated carbocycles. The van der Waals surface area contributed by atoms with Gasteiger partial charge in [0.15, 0.2) is 0 Å². The van der Waals surface area contributed by atoms with Gasteiger partial charge in [0.25, 0.3) is 0 Å². The Morgan fingerprint density at radius 2 is 2.05 bits per heavy atom. The number of aliphatic hydroxyl groups excluding tert-OH is 1. The molecule has 0 aliphatic rings. The second kappa shape index (κ2) is 6.03. The fourth-order valence-corrected chi connectivity index (χ4v) is 2.16. The van der Waals surface area contributed by atoms with Crippen LogP contribution in [0.4, 0.5) is 9.80 Å². The fourth-order valence-electron chi connectivity index (χ4n) is 1.27. The van der Waals surface area contributed by atoms with Crippen molar-refractivity contribution < 1.29 is 24.2 Å². The summed E-state index contributed by atoms with van der Waals surface area (Å²) in [6.45, 7) is 4.99. The summed E-state index contributed by atoms with van der Waals surface area (Å²) in [7, 11) is 1.25. The molecule has 1 aromatic rings. The lowest BCUT2D eigenvalue weighted by atomic mass is 10.2. The Morgan fingerprint density at radius 3 is 2.53 bits per heavy atom. The maximum Gasteiger partial charge on any atom is 0.412 e. The Labute approximate surface area is 115 Å². The number of amides is 1. The Morgan fingerprint density at radius 1 is 1.42 bits per heavy atom. The monoisotopic (exact) mass is 287 g/mol. The number of carbonyl (C=O) groups is 2. The van der Waals surface area contributed by atoms with Gasteiger partial charge in [-0.15, -0.1) is 11.3 Å². The van der Waals surface area contributed by atoms with Crippen molar-refractivity contribution in [3.8, 4) is 0 Å². The predicted molar refractivity (Wildman–Crippen MR) is 71.4 cm³/mol. The Bertz CT molecular complexity index is 475. The highest BCUT2D eigenvalue weighted by Gasteiger charge is 2.21. The summed E-state index contributed by atoms with van der Waals surface area (Å²) in [5.74, 6) is -0.581. The third kappa shape index (κ3) is 4.53. The summed E-state index contributed by atoms with van der Waals surface area (Å²) < 4.78 is 9.71. The van der Waals surface area contributed by atoms with E-state index in [-0.39, 0.29) is 12.2 Å². The van der Waals surface area contributed by atoms with E-state index in [9.17, 15) is 9.59 Å². The van der Waals surface area contributed by atoms with E-state index in [1.54, 1.807) is 20.8 Å². The largest absolute Gasteiger partial charge is 0.465 e. The summed E-state index contributed by atoms with van der Waals surface area (Å²) >= 11 is 1.09. The molecular weight excluding hydrogens is 270 g/mol. The van der Waals surface area contributed by atoms with Crippen molar-refractivity contribution in [2.75, 3.05) is 12.4 Å². The Kier molecular flexibility index (Phi) is 4.90. The SMILES string of the molecule is COC(=O)c1cc(CO)sc1NC(=O)OC(C)(C)C. The van der Waals surface area contributed by atoms with Crippen molar-refractivity contribution in [3.63, 3.8) is 0 Å². The number of hydrogen-bond acceptors (Lipinski definition) is 6. The van der Waals surface area contributed by atoms with Gasteiger partial charge in [-0.3, -0.25) is 5.32 Å². The van der Waals surface area contributed by atoms with Gasteiger partial charge in [-0.25, -0.2) is 9.59 Å². The third-order valence-electron chi connectivity index (χ3n) is 1.96. The van der Waals surface area contributed by atoms with Gasteiger partial charge < -0.3 is 14.6 Å². The van der Waals surface area contributed by atoms with Crippen LogP contribution in [0.1, 0.15) is 36.0 Å². The van der Waals surface area contributed by atoms with Crippen LogP contribution in [0.15, 0.2) is 6.07 Å². The minimum atomic E-state index is -0.663. The van der Waals surface area contributed by atoms with Crippen molar-refractivity contribution in [2.45, 2.75) is 33.0 Å². The predicted octanol–water partition coefficient (Wildman–Crippen LogP) is 2.37. The first kappa shape index (κ1) is 15.5. The molecule has 0 aliphatic heterocycles. The highest BCUT2D eigenvalue weighted by atomic mass is 32.1. The van der Waals surface area contributed by atoms with Crippen LogP contribution in [0, 0.1) is 0 Å². The van der Waals surface area contributed by atoms with Gasteiger partial charge in [0, 0.05) is 4.88 Å². The van der Waals surface area contributed by atoms with Gasteiger partial charge in [0.2, 0.25) is 0 Å². The van der Waals surface area contributed by atoms with Crippen molar-refractivity contribution in [2.24, 2.45) is 0 Å². The van der Waals surface area contributed by atoms with Gasteiger partial charge in [0.05, 0.1) is 19.3 Å². The van der Waals surface area contributed by atoms with Gasteiger partial charge in [-0.1, -0.05) is 0 Å². The quantitative estimate of drug-likeness (QED) is 0.834. The van der Waals surface area contributed by atoms with Crippen LogP contribution in [-0.4, -0.2) is 29.9 Å². The summed E-state index contributed by atoms with van der Waals surface area (Å²) in [6.07, 6.45) is -0.663. The van der Waals surface area contributed by atoms with Crippen LogP contribution in [0.5, 0.6) is 0 Å². The van der Waals surface area contributed by atoms with Crippen molar-refractivity contribution in [3.05, 3.63) is 16.5 Å². The lowest BCUT2D eigenvalue weighted by molar-refractivity contribution is 0.0602. The average molecular weight is 287 g/mol. The maximum atomic E-state index is 11.6. The minimum absolute atomic E-state index is 0.197. The second-order valence-electron chi connectivity index (χ2n) is 4.73. The number of rotatable bonds is 3. The molecule has 19 heavy (non-hydrogen) atoms. The molecule has 1 amide bonds. The molecule has 0 aromatic carbocycles. The molecule has 1 heterocycles. The standard InChI is InChI=1S/C12H17NO5S/c1-12(2,3)18-11(16)13-9-8(10(15)17-4)5-7(6-14)19-9/h5,14H,6H2,1-4H3,(H,13,16). The molecule has 0 fully saturated rings. The molecule has 1 rings (SSSR count). The van der Waals surface area contributed by atoms with Crippen LogP contribution in [0.25, 0.3) is 0 Å². The molecule has 0 aliphatic carbocycles. The normalized spacial score (nSPS) is 11.0. The molecule has 0 radical (unpaired) electrons. The number of nitrogens with one attached hydrogen (secondary N) is 1. The highest BCUT2D eigenvalue weighted by molar-refractivity contribution is 7.16. The molecule has 106 valence electrons. The molecule has 0 atom stereocenters. The van der Waals surface area contributed by atoms with E-state index in [0.29, 0.717) is 9.88 Å². The van der Waals surface area contributed by atoms with Gasteiger partial charge in [-0.05, 0) is 26.8 Å². The van der Waals surface area contributed by atoms with E-state index in [2.05, 4.69) is 10.1 Å². The first-order valence-electron chi connectivity index (χ1n) is 5.58. The molecule has 0 spiro atoms. The number of carbonyl (C=O) groups excluding carboxylic acids is 2. The van der Waals surface area contributed by atoms with Crippen molar-refractivity contribution >= 4 is 28.4 Å². The minimum Gasteiger partial charge on any atom is -0.465 e. The van der Waals surface area contributed by atoms with E-state index >= 15 is 0 Å². The topological polar surface area (TPSA) is 84.9 Å². The lowest BCUT2D eigenvalue weighted by Gasteiger charge is -2.19. The molecule has 0 saturated heterocycles. The number of thiophene rings is 1. The van der Waals surface area contributed by atoms with Crippen LogP contribution in [0.2, 0.25) is 0 Å². The van der Waals surface area contributed by atoms with Crippen molar-refractivity contribution in [1.29, 1.82) is 0 Å². The van der Waals surface area contributed by atoms with E-state index in [1.165, 1.54) is 13.2 Å². The molecule has 0 bridgehead atoms. The highest BCUT2D eigenvalue weighted by Crippen LogP contribution is 2.29. The van der Waals surface area contributed by atoms with E-state index < -0.39 is 17.7 Å². The zero-order chi connectivity index (χ0) is 14.6. The number of methoxy groups -OCH3 is 1. The summed E-state index contributed by atoms with van der Waals surface area (Å²) in [6, 6.07) is 1.48. The van der Waals surface area contributed by atoms with Crippen LogP contribution in [-0.2, 0) is 16.1 Å². The first-order valence-corrected chi connectivity index (χ1v) is 6.40. The summed E-state index contributed by atoms with van der Waals surface area (Å²) in [5, 5.41) is 11.8. The number of aliphatic hydroxyl groups is 1. The second-order valence-corrected chi connectivity index (χ2v) is 5.87. The smallest absolute Gasteiger partial charge is 0.412 e. The zero-order valence-corrected chi connectivity index (χ0v) is 12.1. The van der Waals surface area contributed by atoms with Gasteiger partial charge in [-0.2, -0.15) is 0 Å². The van der Waals surface area contributed by atoms with Gasteiger partial charge in [0.1, 0.15) is 10.6 Å². The first-order chi connectivity index (χ1) is 8.76. The van der Waals surface area contributed by atoms with E-state index in [4.69, 9.17) is 9.84 Å². The molecule has 1 aromatic heterocycles. The molecule has 2 N–H and O–H groups in total. The number of esters is 1. The number of ether oxygens (including phenoxy) is 2. The Hall–Kier alpha value is -1.60. The average Bonchev–Trinajstić information content (AvgIpc) is 2.68. The Balaban J connectivity index is 2.90. The van der Waals surface area contributed by atoms with Gasteiger partial charge >= 0.3 is 12.1 Å². The van der Waals surface area contributed by atoms with Crippen LogP contribution < -0.4 is 5.32 Å².